The van der Waals surface area contributed by atoms with E-state index in [0.717, 1.165) is 21.5 Å². The molecule has 2 aliphatic rings. The number of aliphatic hydroxyl groups excluding tert-OH is 1. The molecule has 0 bridgehead atoms. The second-order valence-electron chi connectivity index (χ2n) is 9.07. The Labute approximate surface area is 214 Å². The summed E-state index contributed by atoms with van der Waals surface area (Å²) >= 11 is 1.47. The lowest BCUT2D eigenvalue weighted by Gasteiger charge is -2.25. The Morgan fingerprint density at radius 2 is 1.92 bits per heavy atom. The fourth-order valence-corrected chi connectivity index (χ4v) is 6.73. The molecule has 190 valence electrons. The second kappa shape index (κ2) is 9.91. The maximum atomic E-state index is 13.2. The van der Waals surface area contributed by atoms with E-state index in [4.69, 9.17) is 4.74 Å². The summed E-state index contributed by atoms with van der Waals surface area (Å²) < 4.78 is 34.0. The van der Waals surface area contributed by atoms with E-state index in [1.54, 1.807) is 41.8 Å². The van der Waals surface area contributed by atoms with Gasteiger partial charge in [0.25, 0.3) is 5.91 Å². The Bertz CT molecular complexity index is 1420. The summed E-state index contributed by atoms with van der Waals surface area (Å²) in [5.74, 6) is -0.385. The number of carbonyl (C=O) groups is 1. The third-order valence-corrected chi connectivity index (χ3v) is 9.34. The molecule has 2 aromatic carbocycles. The molecule has 1 amide bonds. The number of sulfonamides is 1. The molecule has 11 heteroatoms. The lowest BCUT2D eigenvalue weighted by atomic mass is 10.1. The van der Waals surface area contributed by atoms with Crippen LogP contribution in [-0.4, -0.2) is 87.1 Å². The summed E-state index contributed by atoms with van der Waals surface area (Å²) in [6, 6.07) is 12.3. The van der Waals surface area contributed by atoms with Gasteiger partial charge in [-0.25, -0.2) is 13.4 Å². The van der Waals surface area contributed by atoms with Gasteiger partial charge in [-0.05, 0) is 47.0 Å². The van der Waals surface area contributed by atoms with E-state index >= 15 is 0 Å². The van der Waals surface area contributed by atoms with Crippen molar-refractivity contribution in [3.8, 4) is 0 Å². The van der Waals surface area contributed by atoms with Crippen LogP contribution in [0.3, 0.4) is 0 Å². The minimum absolute atomic E-state index is 0.223. The molecule has 0 saturated heterocycles. The van der Waals surface area contributed by atoms with Crippen LogP contribution in [0.15, 0.2) is 64.0 Å². The molecule has 3 aromatic rings. The highest BCUT2D eigenvalue weighted by atomic mass is 32.2. The minimum Gasteiger partial charge on any atom is -0.383 e. The number of methoxy groups -OCH3 is 1. The lowest BCUT2D eigenvalue weighted by molar-refractivity contribution is -0.139. The zero-order chi connectivity index (χ0) is 25.4. The number of rotatable bonds is 8. The van der Waals surface area contributed by atoms with E-state index in [1.807, 2.05) is 30.1 Å². The number of likely N-dealkylation sites (N-methyl/N-ethyl adjacent to an activating group) is 1. The van der Waals surface area contributed by atoms with Crippen LogP contribution in [0.2, 0.25) is 0 Å². The Hall–Kier alpha value is -2.83. The first kappa shape index (κ1) is 24.8. The summed E-state index contributed by atoms with van der Waals surface area (Å²) in [5, 5.41) is 10.8. The monoisotopic (exact) mass is 528 g/mol. The number of hydrogen-bond donors (Lipinski definition) is 1. The number of nitrogens with zero attached hydrogens (tertiary/aromatic N) is 4. The quantitative estimate of drug-likeness (QED) is 0.448. The molecule has 0 aliphatic carbocycles. The molecule has 0 fully saturated rings. The SMILES string of the molecule is COCCN(C)c1cccc(C(O)C(=O)N2CC3=C(C2)CN(S(=O)(=O)c2ccc4scnc4c2)C3)c1. The third-order valence-electron chi connectivity index (χ3n) is 6.74. The maximum Gasteiger partial charge on any atom is 0.256 e. The molecule has 0 spiro atoms. The standard InChI is InChI=1S/C25H28N4O5S2/c1-27(8-9-34-2)20-5-3-4-17(10-20)24(30)25(31)28-12-18-14-29(15-19(18)13-28)36(32,33)21-6-7-23-22(11-21)26-16-35-23/h3-7,10-11,16,24,30H,8-9,12-15H2,1-2H3. The van der Waals surface area contributed by atoms with Gasteiger partial charge in [0.15, 0.2) is 6.10 Å². The molecule has 1 unspecified atom stereocenters. The molecule has 3 heterocycles. The lowest BCUT2D eigenvalue weighted by Crippen LogP contribution is -2.38. The summed E-state index contributed by atoms with van der Waals surface area (Å²) in [4.78, 5) is 21.2. The van der Waals surface area contributed by atoms with Crippen LogP contribution in [0, 0.1) is 0 Å². The molecule has 9 nitrogen and oxygen atoms in total. The van der Waals surface area contributed by atoms with Crippen LogP contribution in [-0.2, 0) is 19.6 Å². The highest BCUT2D eigenvalue weighted by Crippen LogP contribution is 2.32. The van der Waals surface area contributed by atoms with Gasteiger partial charge in [0, 0.05) is 52.6 Å². The molecule has 0 saturated carbocycles. The Kier molecular flexibility index (Phi) is 6.84. The molecule has 0 radical (unpaired) electrons. The number of anilines is 1. The fraction of sp³-hybridized carbons (Fsp3) is 0.360. The van der Waals surface area contributed by atoms with Gasteiger partial charge in [0.05, 0.1) is 27.2 Å². The number of fused-ring (bicyclic) bond motifs is 1. The number of aromatic nitrogens is 1. The summed E-state index contributed by atoms with van der Waals surface area (Å²) in [6.07, 6.45) is -1.29. The van der Waals surface area contributed by atoms with E-state index in [-0.39, 0.29) is 23.9 Å². The first-order chi connectivity index (χ1) is 17.3. The van der Waals surface area contributed by atoms with Crippen LogP contribution in [0.25, 0.3) is 10.2 Å². The first-order valence-electron chi connectivity index (χ1n) is 11.6. The zero-order valence-electron chi connectivity index (χ0n) is 20.1. The largest absolute Gasteiger partial charge is 0.383 e. The molecule has 2 aliphatic heterocycles. The highest BCUT2D eigenvalue weighted by Gasteiger charge is 2.39. The summed E-state index contributed by atoms with van der Waals surface area (Å²) in [6.45, 7) is 2.37. The normalized spacial score (nSPS) is 17.1. The maximum absolute atomic E-state index is 13.2. The number of ether oxygens (including phenoxy) is 1. The summed E-state index contributed by atoms with van der Waals surface area (Å²) in [7, 11) is -0.107. The van der Waals surface area contributed by atoms with Crippen molar-refractivity contribution < 1.29 is 23.1 Å². The van der Waals surface area contributed by atoms with E-state index in [1.165, 1.54) is 15.6 Å². The molecule has 1 aromatic heterocycles. The number of hydrogen-bond acceptors (Lipinski definition) is 8. The third kappa shape index (κ3) is 4.64. The van der Waals surface area contributed by atoms with Crippen LogP contribution in [0.5, 0.6) is 0 Å². The van der Waals surface area contributed by atoms with Crippen molar-refractivity contribution in [2.75, 3.05) is 58.4 Å². The number of thiazole rings is 1. The van der Waals surface area contributed by atoms with Gasteiger partial charge < -0.3 is 19.6 Å². The van der Waals surface area contributed by atoms with Gasteiger partial charge in [0.2, 0.25) is 10.0 Å². The van der Waals surface area contributed by atoms with E-state index < -0.39 is 16.1 Å². The predicted molar refractivity (Wildman–Crippen MR) is 139 cm³/mol. The van der Waals surface area contributed by atoms with Gasteiger partial charge in [-0.1, -0.05) is 12.1 Å². The number of aliphatic hydroxyl groups is 1. The van der Waals surface area contributed by atoms with Crippen molar-refractivity contribution in [3.05, 3.63) is 64.7 Å². The Morgan fingerprint density at radius 3 is 2.64 bits per heavy atom. The zero-order valence-corrected chi connectivity index (χ0v) is 21.8. The van der Waals surface area contributed by atoms with Crippen LogP contribution in [0.4, 0.5) is 5.69 Å². The average molecular weight is 529 g/mol. The smallest absolute Gasteiger partial charge is 0.256 e. The van der Waals surface area contributed by atoms with Crippen molar-refractivity contribution in [3.63, 3.8) is 0 Å². The highest BCUT2D eigenvalue weighted by molar-refractivity contribution is 7.89. The van der Waals surface area contributed by atoms with Crippen molar-refractivity contribution in [2.24, 2.45) is 0 Å². The molecular weight excluding hydrogens is 500 g/mol. The van der Waals surface area contributed by atoms with Crippen LogP contribution in [0.1, 0.15) is 11.7 Å². The Morgan fingerprint density at radius 1 is 1.17 bits per heavy atom. The van der Waals surface area contributed by atoms with Gasteiger partial charge >= 0.3 is 0 Å². The van der Waals surface area contributed by atoms with E-state index in [9.17, 15) is 18.3 Å². The predicted octanol–water partition coefficient (Wildman–Crippen LogP) is 2.26. The van der Waals surface area contributed by atoms with Gasteiger partial charge in [-0.3, -0.25) is 4.79 Å². The summed E-state index contributed by atoms with van der Waals surface area (Å²) in [5.41, 5.74) is 5.61. The van der Waals surface area contributed by atoms with Crippen molar-refractivity contribution in [2.45, 2.75) is 11.0 Å². The average Bonchev–Trinajstić information content (AvgIpc) is 3.61. The van der Waals surface area contributed by atoms with Crippen molar-refractivity contribution >= 4 is 43.2 Å². The van der Waals surface area contributed by atoms with Gasteiger partial charge in [0.1, 0.15) is 0 Å². The first-order valence-corrected chi connectivity index (χ1v) is 13.9. The molecule has 36 heavy (non-hydrogen) atoms. The van der Waals surface area contributed by atoms with Gasteiger partial charge in [-0.15, -0.1) is 11.3 Å². The van der Waals surface area contributed by atoms with Crippen LogP contribution < -0.4 is 4.90 Å². The fourth-order valence-electron chi connectivity index (χ4n) is 4.62. The second-order valence-corrected chi connectivity index (χ2v) is 11.9. The minimum atomic E-state index is -3.68. The van der Waals surface area contributed by atoms with Crippen LogP contribution >= 0.6 is 11.3 Å². The van der Waals surface area contributed by atoms with E-state index in [2.05, 4.69) is 4.98 Å². The molecule has 1 atom stereocenters. The van der Waals surface area contributed by atoms with Crippen molar-refractivity contribution in [1.29, 1.82) is 0 Å². The number of benzene rings is 2. The molecule has 5 rings (SSSR count). The number of carbonyl (C=O) groups excluding carboxylic acids is 1. The van der Waals surface area contributed by atoms with Gasteiger partial charge in [-0.2, -0.15) is 4.31 Å². The van der Waals surface area contributed by atoms with E-state index in [0.29, 0.717) is 37.3 Å². The van der Waals surface area contributed by atoms with Crippen molar-refractivity contribution in [1.82, 2.24) is 14.2 Å². The topological polar surface area (TPSA) is 103 Å². The number of amides is 1. The Balaban J connectivity index is 1.23. The molecule has 1 N–H and O–H groups in total. The molecular formula is C25H28N4O5S2.